The van der Waals surface area contributed by atoms with Crippen LogP contribution in [0.1, 0.15) is 12.5 Å². The molecule has 0 saturated heterocycles. The zero-order valence-electron chi connectivity index (χ0n) is 10.4. The number of ether oxygens (including phenoxy) is 1. The van der Waals surface area contributed by atoms with Crippen LogP contribution in [0, 0.1) is 18.8 Å². The maximum atomic E-state index is 9.63. The fourth-order valence-electron chi connectivity index (χ4n) is 1.28. The Balaban J connectivity index is 2.20. The molecule has 0 amide bonds. The lowest BCUT2D eigenvalue weighted by atomic mass is 10.2. The zero-order chi connectivity index (χ0) is 12.5. The molecule has 1 rings (SSSR count). The average Bonchev–Trinajstić information content (AvgIpc) is 2.34. The van der Waals surface area contributed by atoms with Gasteiger partial charge in [-0.05, 0) is 26.0 Å². The van der Waals surface area contributed by atoms with Crippen molar-refractivity contribution in [3.05, 3.63) is 29.8 Å². The van der Waals surface area contributed by atoms with Crippen LogP contribution < -0.4 is 10.1 Å². The van der Waals surface area contributed by atoms with Crippen LogP contribution in [0.4, 0.5) is 0 Å². The average molecular weight is 233 g/mol. The number of aryl methyl sites for hydroxylation is 1. The number of hydrogen-bond donors (Lipinski definition) is 2. The van der Waals surface area contributed by atoms with Crippen LogP contribution in [0.25, 0.3) is 0 Å². The molecule has 0 aliphatic heterocycles. The molecule has 92 valence electrons. The molecule has 0 spiro atoms. The Morgan fingerprint density at radius 1 is 1.35 bits per heavy atom. The second kappa shape index (κ2) is 7.72. The highest BCUT2D eigenvalue weighted by Crippen LogP contribution is 2.11. The number of aliphatic hydroxyl groups is 1. The van der Waals surface area contributed by atoms with Gasteiger partial charge in [-0.3, -0.25) is 0 Å². The molecule has 3 heteroatoms. The molecule has 0 saturated carbocycles. The monoisotopic (exact) mass is 233 g/mol. The summed E-state index contributed by atoms with van der Waals surface area (Å²) in [5.41, 5.74) is 1.19. The highest BCUT2D eigenvalue weighted by atomic mass is 16.5. The molecular weight excluding hydrogens is 214 g/mol. The normalized spacial score (nSPS) is 11.5. The lowest BCUT2D eigenvalue weighted by Gasteiger charge is -2.12. The summed E-state index contributed by atoms with van der Waals surface area (Å²) in [4.78, 5) is 0. The first-order valence-electron chi connectivity index (χ1n) is 5.70. The molecule has 2 N–H and O–H groups in total. The van der Waals surface area contributed by atoms with E-state index in [0.29, 0.717) is 13.1 Å². The first-order valence-corrected chi connectivity index (χ1v) is 5.70. The second-order valence-electron chi connectivity index (χ2n) is 3.84. The van der Waals surface area contributed by atoms with Crippen LogP contribution in [0.2, 0.25) is 0 Å². The van der Waals surface area contributed by atoms with Crippen molar-refractivity contribution in [3.63, 3.8) is 0 Å². The summed E-state index contributed by atoms with van der Waals surface area (Å²) >= 11 is 0. The summed E-state index contributed by atoms with van der Waals surface area (Å²) in [6.45, 7) is 5.18. The first-order chi connectivity index (χ1) is 8.22. The lowest BCUT2D eigenvalue weighted by Crippen LogP contribution is -2.31. The Hall–Kier alpha value is -1.50. The molecule has 0 aromatic heterocycles. The van der Waals surface area contributed by atoms with Gasteiger partial charge in [-0.1, -0.05) is 23.6 Å². The van der Waals surface area contributed by atoms with Gasteiger partial charge in [0.2, 0.25) is 0 Å². The fraction of sp³-hybridized carbons (Fsp3) is 0.429. The van der Waals surface area contributed by atoms with Crippen LogP contribution in [0.15, 0.2) is 24.3 Å². The van der Waals surface area contributed by atoms with Crippen molar-refractivity contribution >= 4 is 0 Å². The van der Waals surface area contributed by atoms with Crippen LogP contribution in [0.5, 0.6) is 5.75 Å². The highest BCUT2D eigenvalue weighted by molar-refractivity contribution is 5.26. The summed E-state index contributed by atoms with van der Waals surface area (Å²) in [5.74, 6) is 6.43. The van der Waals surface area contributed by atoms with Crippen molar-refractivity contribution in [1.82, 2.24) is 5.32 Å². The van der Waals surface area contributed by atoms with E-state index < -0.39 is 6.10 Å². The van der Waals surface area contributed by atoms with Crippen molar-refractivity contribution in [3.8, 4) is 17.6 Å². The van der Waals surface area contributed by atoms with E-state index in [9.17, 15) is 5.11 Å². The van der Waals surface area contributed by atoms with E-state index in [1.165, 1.54) is 5.56 Å². The third-order valence-corrected chi connectivity index (χ3v) is 2.23. The number of benzene rings is 1. The molecule has 0 fully saturated rings. The van der Waals surface area contributed by atoms with E-state index in [2.05, 4.69) is 17.2 Å². The molecule has 17 heavy (non-hydrogen) atoms. The van der Waals surface area contributed by atoms with Gasteiger partial charge in [-0.2, -0.15) is 0 Å². The molecule has 0 heterocycles. The Morgan fingerprint density at radius 2 is 2.06 bits per heavy atom. The van der Waals surface area contributed by atoms with Gasteiger partial charge < -0.3 is 15.2 Å². The van der Waals surface area contributed by atoms with Crippen molar-refractivity contribution in [1.29, 1.82) is 0 Å². The minimum absolute atomic E-state index is 0.287. The van der Waals surface area contributed by atoms with Crippen molar-refractivity contribution < 1.29 is 9.84 Å². The van der Waals surface area contributed by atoms with Crippen LogP contribution in [0.3, 0.4) is 0 Å². The maximum Gasteiger partial charge on any atom is 0.119 e. The Morgan fingerprint density at radius 3 is 2.71 bits per heavy atom. The predicted octanol–water partition coefficient (Wildman–Crippen LogP) is 1.35. The third-order valence-electron chi connectivity index (χ3n) is 2.23. The molecule has 0 bridgehead atoms. The maximum absolute atomic E-state index is 9.63. The van der Waals surface area contributed by atoms with Gasteiger partial charge in [0.1, 0.15) is 18.5 Å². The van der Waals surface area contributed by atoms with Crippen molar-refractivity contribution in [2.24, 2.45) is 0 Å². The summed E-state index contributed by atoms with van der Waals surface area (Å²) in [6.07, 6.45) is -0.519. The molecule has 1 aromatic carbocycles. The number of hydrogen-bond acceptors (Lipinski definition) is 3. The van der Waals surface area contributed by atoms with Crippen LogP contribution >= 0.6 is 0 Å². The summed E-state index contributed by atoms with van der Waals surface area (Å²) in [7, 11) is 0. The number of aliphatic hydroxyl groups excluding tert-OH is 1. The Bertz CT molecular complexity index is 375. The lowest BCUT2D eigenvalue weighted by molar-refractivity contribution is 0.107. The van der Waals surface area contributed by atoms with Gasteiger partial charge in [0.15, 0.2) is 0 Å². The standard InChI is InChI=1S/C14H19NO2/c1-3-4-9-15-10-13(16)11-17-14-7-5-12(2)6-8-14/h5-8,13,15-16H,9-11H2,1-2H3. The topological polar surface area (TPSA) is 41.5 Å². The second-order valence-corrected chi connectivity index (χ2v) is 3.84. The molecule has 0 radical (unpaired) electrons. The van der Waals surface area contributed by atoms with Gasteiger partial charge in [-0.15, -0.1) is 5.92 Å². The molecule has 1 unspecified atom stereocenters. The van der Waals surface area contributed by atoms with E-state index in [1.807, 2.05) is 31.2 Å². The quantitative estimate of drug-likeness (QED) is 0.575. The van der Waals surface area contributed by atoms with Crippen LogP contribution in [-0.4, -0.2) is 30.9 Å². The number of rotatable bonds is 6. The van der Waals surface area contributed by atoms with E-state index >= 15 is 0 Å². The van der Waals surface area contributed by atoms with Crippen molar-refractivity contribution in [2.75, 3.05) is 19.7 Å². The fourth-order valence-corrected chi connectivity index (χ4v) is 1.28. The zero-order valence-corrected chi connectivity index (χ0v) is 10.4. The first kappa shape index (κ1) is 13.6. The van der Waals surface area contributed by atoms with E-state index in [-0.39, 0.29) is 6.61 Å². The van der Waals surface area contributed by atoms with E-state index in [4.69, 9.17) is 4.74 Å². The van der Waals surface area contributed by atoms with Gasteiger partial charge >= 0.3 is 0 Å². The molecule has 1 atom stereocenters. The SMILES string of the molecule is CC#CCNCC(O)COc1ccc(C)cc1. The predicted molar refractivity (Wildman–Crippen MR) is 69.0 cm³/mol. The highest BCUT2D eigenvalue weighted by Gasteiger charge is 2.03. The molecule has 1 aromatic rings. The van der Waals surface area contributed by atoms with Gasteiger partial charge in [-0.25, -0.2) is 0 Å². The number of nitrogens with one attached hydrogen (secondary N) is 1. The summed E-state index contributed by atoms with van der Waals surface area (Å²) in [5, 5.41) is 12.7. The van der Waals surface area contributed by atoms with Crippen LogP contribution in [-0.2, 0) is 0 Å². The van der Waals surface area contributed by atoms with Gasteiger partial charge in [0.05, 0.1) is 6.54 Å². The Labute approximate surface area is 103 Å². The Kier molecular flexibility index (Phi) is 6.16. The largest absolute Gasteiger partial charge is 0.491 e. The summed E-state index contributed by atoms with van der Waals surface area (Å²) in [6, 6.07) is 7.77. The smallest absolute Gasteiger partial charge is 0.119 e. The minimum Gasteiger partial charge on any atom is -0.491 e. The van der Waals surface area contributed by atoms with Gasteiger partial charge in [0, 0.05) is 6.54 Å². The van der Waals surface area contributed by atoms with E-state index in [0.717, 1.165) is 5.75 Å². The van der Waals surface area contributed by atoms with E-state index in [1.54, 1.807) is 6.92 Å². The molecule has 0 aliphatic carbocycles. The minimum atomic E-state index is -0.519. The molecular formula is C14H19NO2. The third kappa shape index (κ3) is 5.96. The molecule has 0 aliphatic rings. The molecule has 3 nitrogen and oxygen atoms in total. The summed E-state index contributed by atoms with van der Waals surface area (Å²) < 4.78 is 5.45. The van der Waals surface area contributed by atoms with Gasteiger partial charge in [0.25, 0.3) is 0 Å². The van der Waals surface area contributed by atoms with Crippen molar-refractivity contribution in [2.45, 2.75) is 20.0 Å².